The highest BCUT2D eigenvalue weighted by atomic mass is 15.2. The second-order valence-electron chi connectivity index (χ2n) is 4.81. The van der Waals surface area contributed by atoms with E-state index in [1.165, 1.54) is 37.1 Å². The van der Waals surface area contributed by atoms with Gasteiger partial charge in [-0.1, -0.05) is 6.92 Å². The molecule has 14 heavy (non-hydrogen) atoms. The molecule has 0 aliphatic heterocycles. The third kappa shape index (κ3) is 1.15. The first kappa shape index (κ1) is 8.33. The maximum absolute atomic E-state index is 5.96. The summed E-state index contributed by atoms with van der Waals surface area (Å²) < 4.78 is 2.29. The number of nitrogens with zero attached hydrogens (tertiary/aromatic N) is 2. The average molecular weight is 191 g/mol. The van der Waals surface area contributed by atoms with Crippen LogP contribution in [0, 0.1) is 5.92 Å². The van der Waals surface area contributed by atoms with Crippen molar-refractivity contribution in [2.75, 3.05) is 5.73 Å². The van der Waals surface area contributed by atoms with Gasteiger partial charge in [0.05, 0.1) is 5.69 Å². The molecule has 0 aromatic carbocycles. The van der Waals surface area contributed by atoms with Gasteiger partial charge in [-0.2, -0.15) is 0 Å². The third-order valence-corrected chi connectivity index (χ3v) is 3.45. The molecule has 2 aliphatic rings. The van der Waals surface area contributed by atoms with E-state index in [1.807, 2.05) is 0 Å². The van der Waals surface area contributed by atoms with Crippen molar-refractivity contribution in [1.82, 2.24) is 9.55 Å². The number of imidazole rings is 1. The van der Waals surface area contributed by atoms with Crippen molar-refractivity contribution in [2.45, 2.75) is 45.1 Å². The Bertz CT molecular complexity index is 363. The number of nitrogen functional groups attached to an aromatic ring is 1. The minimum Gasteiger partial charge on any atom is -0.369 e. The molecule has 3 nitrogen and oxygen atoms in total. The van der Waals surface area contributed by atoms with Crippen LogP contribution in [0.1, 0.15) is 43.6 Å². The Hall–Kier alpha value is -0.990. The Morgan fingerprint density at radius 3 is 2.86 bits per heavy atom. The van der Waals surface area contributed by atoms with Gasteiger partial charge in [0.2, 0.25) is 5.95 Å². The fourth-order valence-corrected chi connectivity index (χ4v) is 2.52. The van der Waals surface area contributed by atoms with Crippen molar-refractivity contribution < 1.29 is 0 Å². The highest BCUT2D eigenvalue weighted by Gasteiger charge is 2.31. The molecule has 1 atom stereocenters. The Labute approximate surface area is 84.3 Å². The molecule has 0 amide bonds. The molecule has 3 heteroatoms. The van der Waals surface area contributed by atoms with Crippen molar-refractivity contribution in [3.05, 3.63) is 11.4 Å². The fourth-order valence-electron chi connectivity index (χ4n) is 2.52. The second-order valence-corrected chi connectivity index (χ2v) is 4.81. The third-order valence-electron chi connectivity index (χ3n) is 3.45. The van der Waals surface area contributed by atoms with Crippen LogP contribution in [-0.4, -0.2) is 9.55 Å². The van der Waals surface area contributed by atoms with Crippen LogP contribution < -0.4 is 5.73 Å². The highest BCUT2D eigenvalue weighted by molar-refractivity contribution is 5.33. The van der Waals surface area contributed by atoms with E-state index < -0.39 is 0 Å². The van der Waals surface area contributed by atoms with Crippen LogP contribution in [-0.2, 0) is 12.8 Å². The first-order valence-corrected chi connectivity index (χ1v) is 5.61. The predicted molar refractivity (Wildman–Crippen MR) is 56.1 cm³/mol. The molecule has 0 bridgehead atoms. The summed E-state index contributed by atoms with van der Waals surface area (Å²) >= 11 is 0. The molecule has 2 N–H and O–H groups in total. The van der Waals surface area contributed by atoms with Crippen LogP contribution in [0.4, 0.5) is 5.95 Å². The summed E-state index contributed by atoms with van der Waals surface area (Å²) in [6.07, 6.45) is 6.19. The smallest absolute Gasteiger partial charge is 0.200 e. The number of hydrogen-bond donors (Lipinski definition) is 1. The summed E-state index contributed by atoms with van der Waals surface area (Å²) in [7, 11) is 0. The summed E-state index contributed by atoms with van der Waals surface area (Å²) in [6, 6.07) is 0.680. The standard InChI is InChI=1S/C11H17N3/c1-7-2-5-10-9(6-7)13-11(12)14(10)8-3-4-8/h7-8H,2-6H2,1H3,(H2,12,13). The maximum atomic E-state index is 5.96. The molecule has 1 aromatic rings. The van der Waals surface area contributed by atoms with E-state index >= 15 is 0 Å². The Morgan fingerprint density at radius 1 is 1.36 bits per heavy atom. The van der Waals surface area contributed by atoms with Crippen molar-refractivity contribution in [3.8, 4) is 0 Å². The van der Waals surface area contributed by atoms with E-state index in [-0.39, 0.29) is 0 Å². The number of nitrogens with two attached hydrogens (primary N) is 1. The van der Waals surface area contributed by atoms with E-state index in [9.17, 15) is 0 Å². The molecule has 1 aromatic heterocycles. The number of fused-ring (bicyclic) bond motifs is 1. The van der Waals surface area contributed by atoms with E-state index in [1.54, 1.807) is 0 Å². The van der Waals surface area contributed by atoms with Crippen molar-refractivity contribution in [1.29, 1.82) is 0 Å². The van der Waals surface area contributed by atoms with Gasteiger partial charge < -0.3 is 10.3 Å². The lowest BCUT2D eigenvalue weighted by Crippen LogP contribution is -2.14. The second kappa shape index (κ2) is 2.75. The van der Waals surface area contributed by atoms with Gasteiger partial charge in [0, 0.05) is 11.7 Å². The monoisotopic (exact) mass is 191 g/mol. The minimum atomic E-state index is 0.680. The van der Waals surface area contributed by atoms with Gasteiger partial charge in [0.25, 0.3) is 0 Å². The van der Waals surface area contributed by atoms with Gasteiger partial charge in [-0.25, -0.2) is 4.98 Å². The van der Waals surface area contributed by atoms with E-state index in [4.69, 9.17) is 5.73 Å². The molecule has 2 aliphatic carbocycles. The molecular weight excluding hydrogens is 174 g/mol. The number of anilines is 1. The zero-order valence-electron chi connectivity index (χ0n) is 8.66. The highest BCUT2D eigenvalue weighted by Crippen LogP contribution is 2.40. The van der Waals surface area contributed by atoms with Crippen molar-refractivity contribution >= 4 is 5.95 Å². The maximum Gasteiger partial charge on any atom is 0.200 e. The first-order valence-electron chi connectivity index (χ1n) is 5.61. The van der Waals surface area contributed by atoms with Gasteiger partial charge in [-0.15, -0.1) is 0 Å². The van der Waals surface area contributed by atoms with Gasteiger partial charge in [0.1, 0.15) is 0 Å². The quantitative estimate of drug-likeness (QED) is 0.737. The zero-order chi connectivity index (χ0) is 9.71. The average Bonchev–Trinajstić information content (AvgIpc) is 2.89. The van der Waals surface area contributed by atoms with Crippen LogP contribution in [0.15, 0.2) is 0 Å². The lowest BCUT2D eigenvalue weighted by Gasteiger charge is -2.18. The molecule has 3 rings (SSSR count). The SMILES string of the molecule is CC1CCc2c(nc(N)n2C2CC2)C1. The van der Waals surface area contributed by atoms with Crippen LogP contribution in [0.5, 0.6) is 0 Å². The van der Waals surface area contributed by atoms with E-state index in [2.05, 4.69) is 16.5 Å². The lowest BCUT2D eigenvalue weighted by atomic mass is 9.91. The van der Waals surface area contributed by atoms with Crippen molar-refractivity contribution in [2.24, 2.45) is 5.92 Å². The molecule has 1 saturated carbocycles. The summed E-state index contributed by atoms with van der Waals surface area (Å²) in [5.74, 6) is 1.54. The van der Waals surface area contributed by atoms with Gasteiger partial charge in [-0.05, 0) is 38.0 Å². The molecule has 0 saturated heterocycles. The first-order chi connectivity index (χ1) is 6.75. The number of hydrogen-bond acceptors (Lipinski definition) is 2. The summed E-state index contributed by atoms with van der Waals surface area (Å²) in [5, 5.41) is 0. The lowest BCUT2D eigenvalue weighted by molar-refractivity contribution is 0.480. The molecule has 1 unspecified atom stereocenters. The van der Waals surface area contributed by atoms with Crippen LogP contribution >= 0.6 is 0 Å². The Morgan fingerprint density at radius 2 is 2.14 bits per heavy atom. The predicted octanol–water partition coefficient (Wildman–Crippen LogP) is 1.93. The summed E-state index contributed by atoms with van der Waals surface area (Å²) in [5.41, 5.74) is 8.66. The van der Waals surface area contributed by atoms with Gasteiger partial charge in [0.15, 0.2) is 0 Å². The molecule has 0 spiro atoms. The number of aromatic nitrogens is 2. The summed E-state index contributed by atoms with van der Waals surface area (Å²) in [4.78, 5) is 4.50. The fraction of sp³-hybridized carbons (Fsp3) is 0.727. The van der Waals surface area contributed by atoms with Crippen LogP contribution in [0.2, 0.25) is 0 Å². The zero-order valence-corrected chi connectivity index (χ0v) is 8.66. The van der Waals surface area contributed by atoms with Gasteiger partial charge >= 0.3 is 0 Å². The molecule has 0 radical (unpaired) electrons. The normalized spacial score (nSPS) is 26.2. The molecule has 1 heterocycles. The van der Waals surface area contributed by atoms with E-state index in [0.29, 0.717) is 6.04 Å². The molecule has 76 valence electrons. The number of rotatable bonds is 1. The molecular formula is C11H17N3. The Balaban J connectivity index is 2.04. The van der Waals surface area contributed by atoms with Crippen LogP contribution in [0.3, 0.4) is 0 Å². The van der Waals surface area contributed by atoms with E-state index in [0.717, 1.165) is 18.3 Å². The minimum absolute atomic E-state index is 0.680. The summed E-state index contributed by atoms with van der Waals surface area (Å²) in [6.45, 7) is 2.30. The largest absolute Gasteiger partial charge is 0.369 e. The Kier molecular flexibility index (Phi) is 1.64. The van der Waals surface area contributed by atoms with Gasteiger partial charge in [-0.3, -0.25) is 0 Å². The van der Waals surface area contributed by atoms with Crippen molar-refractivity contribution in [3.63, 3.8) is 0 Å². The molecule has 1 fully saturated rings. The topological polar surface area (TPSA) is 43.8 Å². The van der Waals surface area contributed by atoms with Crippen LogP contribution in [0.25, 0.3) is 0 Å².